The number of fused-ring (bicyclic) bond motifs is 1. The van der Waals surface area contributed by atoms with Crippen LogP contribution in [0.2, 0.25) is 0 Å². The third-order valence-electron chi connectivity index (χ3n) is 4.45. The number of hydrogen-bond acceptors (Lipinski definition) is 5. The van der Waals surface area contributed by atoms with Crippen molar-refractivity contribution in [2.24, 2.45) is 0 Å². The summed E-state index contributed by atoms with van der Waals surface area (Å²) in [6.07, 6.45) is 4.64. The molecule has 1 aliphatic rings. The Morgan fingerprint density at radius 1 is 1.42 bits per heavy atom. The van der Waals surface area contributed by atoms with Crippen LogP contribution in [0, 0.1) is 0 Å². The summed E-state index contributed by atoms with van der Waals surface area (Å²) in [6.45, 7) is 3.90. The van der Waals surface area contributed by atoms with E-state index >= 15 is 0 Å². The molecule has 3 heterocycles. The average molecular weight is 381 g/mol. The molecule has 1 amide bonds. The molecule has 0 saturated heterocycles. The Labute approximate surface area is 152 Å². The van der Waals surface area contributed by atoms with Crippen molar-refractivity contribution in [1.29, 1.82) is 0 Å². The van der Waals surface area contributed by atoms with Crippen LogP contribution in [0.25, 0.3) is 0 Å². The van der Waals surface area contributed by atoms with Gasteiger partial charge in [-0.3, -0.25) is 9.48 Å². The van der Waals surface area contributed by atoms with Gasteiger partial charge in [0, 0.05) is 45.7 Å². The van der Waals surface area contributed by atoms with Gasteiger partial charge in [-0.1, -0.05) is 0 Å². The molecule has 1 unspecified atom stereocenters. The number of aromatic nitrogens is 3. The minimum atomic E-state index is -3.69. The van der Waals surface area contributed by atoms with Crippen LogP contribution in [0.15, 0.2) is 35.6 Å². The number of hydrogen-bond donors (Lipinski definition) is 1. The molecule has 0 fully saturated rings. The molecule has 0 spiro atoms. The molecule has 0 saturated carbocycles. The number of amides is 1. The third kappa shape index (κ3) is 3.67. The minimum absolute atomic E-state index is 0.117. The zero-order chi connectivity index (χ0) is 18.7. The van der Waals surface area contributed by atoms with Crippen molar-refractivity contribution in [2.45, 2.75) is 31.0 Å². The molecule has 9 nitrogen and oxygen atoms in total. The fraction of sp³-hybridized carbons (Fsp3) is 0.500. The van der Waals surface area contributed by atoms with Crippen molar-refractivity contribution in [3.05, 3.63) is 36.4 Å². The highest BCUT2D eigenvalue weighted by Crippen LogP contribution is 2.18. The monoisotopic (exact) mass is 381 g/mol. The van der Waals surface area contributed by atoms with Crippen LogP contribution in [-0.4, -0.2) is 66.4 Å². The van der Waals surface area contributed by atoms with Crippen LogP contribution in [0.1, 0.15) is 17.4 Å². The summed E-state index contributed by atoms with van der Waals surface area (Å²) in [5, 5.41) is 4.00. The fourth-order valence-corrected chi connectivity index (χ4v) is 4.02. The van der Waals surface area contributed by atoms with Gasteiger partial charge in [0.15, 0.2) is 0 Å². The molecule has 1 atom stereocenters. The second kappa shape index (κ2) is 7.60. The van der Waals surface area contributed by atoms with E-state index in [1.165, 1.54) is 12.4 Å². The summed E-state index contributed by atoms with van der Waals surface area (Å²) in [5.41, 5.74) is 0.601. The van der Waals surface area contributed by atoms with E-state index in [1.54, 1.807) is 22.8 Å². The fourth-order valence-electron chi connectivity index (χ4n) is 3.00. The molecule has 0 aliphatic carbocycles. The van der Waals surface area contributed by atoms with E-state index in [2.05, 4.69) is 9.82 Å². The number of methoxy groups -OCH3 is 1. The standard InChI is InChI=1S/C16H23N5O4S/c1-3-20-12-14(10-17-20)26(23,24)18-9-13-11-19-6-4-5-15(19)16(22)21(13)7-8-25-2/h4-6,10,12-13,18H,3,7-9,11H2,1-2H3. The molecule has 2 aromatic heterocycles. The van der Waals surface area contributed by atoms with Gasteiger partial charge in [0.1, 0.15) is 10.6 Å². The number of rotatable bonds is 8. The number of carbonyl (C=O) groups is 1. The molecule has 0 aromatic carbocycles. The average Bonchev–Trinajstić information content (AvgIpc) is 3.29. The van der Waals surface area contributed by atoms with Crippen molar-refractivity contribution in [3.63, 3.8) is 0 Å². The van der Waals surface area contributed by atoms with Crippen LogP contribution in [0.5, 0.6) is 0 Å². The van der Waals surface area contributed by atoms with E-state index in [0.717, 1.165) is 0 Å². The zero-order valence-electron chi connectivity index (χ0n) is 14.8. The van der Waals surface area contributed by atoms with Crippen LogP contribution in [-0.2, 0) is 27.8 Å². The molecule has 26 heavy (non-hydrogen) atoms. The minimum Gasteiger partial charge on any atom is -0.383 e. The predicted molar refractivity (Wildman–Crippen MR) is 94.2 cm³/mol. The van der Waals surface area contributed by atoms with Crippen LogP contribution >= 0.6 is 0 Å². The maximum absolute atomic E-state index is 12.7. The third-order valence-corrected chi connectivity index (χ3v) is 5.83. The molecule has 10 heteroatoms. The molecular weight excluding hydrogens is 358 g/mol. The highest BCUT2D eigenvalue weighted by atomic mass is 32.2. The molecule has 1 N–H and O–H groups in total. The molecule has 2 aromatic rings. The van der Waals surface area contributed by atoms with E-state index in [0.29, 0.717) is 31.9 Å². The number of nitrogens with zero attached hydrogens (tertiary/aromatic N) is 4. The Balaban J connectivity index is 1.75. The summed E-state index contributed by atoms with van der Waals surface area (Å²) in [7, 11) is -2.12. The second-order valence-corrected chi connectivity index (χ2v) is 7.84. The Morgan fingerprint density at radius 3 is 2.92 bits per heavy atom. The van der Waals surface area contributed by atoms with E-state index in [4.69, 9.17) is 4.74 Å². The first-order valence-corrected chi connectivity index (χ1v) is 9.91. The van der Waals surface area contributed by atoms with Crippen LogP contribution in [0.3, 0.4) is 0 Å². The van der Waals surface area contributed by atoms with Crippen molar-refractivity contribution in [1.82, 2.24) is 24.0 Å². The van der Waals surface area contributed by atoms with Crippen molar-refractivity contribution < 1.29 is 17.9 Å². The molecule has 0 bridgehead atoms. The first-order valence-electron chi connectivity index (χ1n) is 8.43. The van der Waals surface area contributed by atoms with Crippen LogP contribution < -0.4 is 4.72 Å². The molecular formula is C16H23N5O4S. The predicted octanol–water partition coefficient (Wildman–Crippen LogP) is 0.154. The second-order valence-electron chi connectivity index (χ2n) is 6.07. The number of carbonyl (C=O) groups excluding carboxylic acids is 1. The van der Waals surface area contributed by atoms with Gasteiger partial charge in [0.25, 0.3) is 5.91 Å². The SMILES string of the molecule is CCn1cc(S(=O)(=O)NCC2Cn3cccc3C(=O)N2CCOC)cn1. The molecule has 1 aliphatic heterocycles. The number of ether oxygens (including phenoxy) is 1. The first kappa shape index (κ1) is 18.6. The van der Waals surface area contributed by atoms with Gasteiger partial charge in [0.05, 0.1) is 18.8 Å². The number of aryl methyl sites for hydroxylation is 1. The van der Waals surface area contributed by atoms with Crippen molar-refractivity contribution in [2.75, 3.05) is 26.8 Å². The highest BCUT2D eigenvalue weighted by molar-refractivity contribution is 7.89. The van der Waals surface area contributed by atoms with E-state index in [9.17, 15) is 13.2 Å². The number of sulfonamides is 1. The molecule has 0 radical (unpaired) electrons. The lowest BCUT2D eigenvalue weighted by Crippen LogP contribution is -2.53. The Morgan fingerprint density at radius 2 is 2.23 bits per heavy atom. The summed E-state index contributed by atoms with van der Waals surface area (Å²) < 4.78 is 36.1. The Bertz CT molecular complexity index is 873. The van der Waals surface area contributed by atoms with Gasteiger partial charge in [-0.2, -0.15) is 5.10 Å². The maximum Gasteiger partial charge on any atom is 0.270 e. The van der Waals surface area contributed by atoms with Crippen molar-refractivity contribution >= 4 is 15.9 Å². The zero-order valence-corrected chi connectivity index (χ0v) is 15.6. The lowest BCUT2D eigenvalue weighted by Gasteiger charge is -2.36. The van der Waals surface area contributed by atoms with Gasteiger partial charge in [0.2, 0.25) is 10.0 Å². The van der Waals surface area contributed by atoms with Gasteiger partial charge < -0.3 is 14.2 Å². The highest BCUT2D eigenvalue weighted by Gasteiger charge is 2.32. The Kier molecular flexibility index (Phi) is 5.44. The van der Waals surface area contributed by atoms with Gasteiger partial charge in [-0.05, 0) is 19.1 Å². The lowest BCUT2D eigenvalue weighted by atomic mass is 10.1. The summed E-state index contributed by atoms with van der Waals surface area (Å²) in [5.74, 6) is -0.124. The molecule has 142 valence electrons. The van der Waals surface area contributed by atoms with Gasteiger partial charge in [-0.15, -0.1) is 0 Å². The van der Waals surface area contributed by atoms with Crippen LogP contribution in [0.4, 0.5) is 0 Å². The van der Waals surface area contributed by atoms with E-state index in [1.807, 2.05) is 23.8 Å². The summed E-state index contributed by atoms with van der Waals surface area (Å²) in [6, 6.07) is 3.28. The summed E-state index contributed by atoms with van der Waals surface area (Å²) >= 11 is 0. The van der Waals surface area contributed by atoms with E-state index < -0.39 is 10.0 Å². The topological polar surface area (TPSA) is 98.5 Å². The quantitative estimate of drug-likeness (QED) is 0.702. The smallest absolute Gasteiger partial charge is 0.270 e. The number of nitrogens with one attached hydrogen (secondary N) is 1. The van der Waals surface area contributed by atoms with E-state index in [-0.39, 0.29) is 23.4 Å². The largest absolute Gasteiger partial charge is 0.383 e. The lowest BCUT2D eigenvalue weighted by molar-refractivity contribution is 0.0518. The molecule has 3 rings (SSSR count). The summed E-state index contributed by atoms with van der Waals surface area (Å²) in [4.78, 5) is 14.5. The normalized spacial score (nSPS) is 17.5. The maximum atomic E-state index is 12.7. The van der Waals surface area contributed by atoms with Gasteiger partial charge in [-0.25, -0.2) is 13.1 Å². The van der Waals surface area contributed by atoms with Gasteiger partial charge >= 0.3 is 0 Å². The Hall–Kier alpha value is -2.17. The first-order chi connectivity index (χ1) is 12.5. The van der Waals surface area contributed by atoms with Crippen molar-refractivity contribution in [3.8, 4) is 0 Å².